The van der Waals surface area contributed by atoms with E-state index in [0.717, 1.165) is 12.1 Å². The van der Waals surface area contributed by atoms with Gasteiger partial charge in [0.1, 0.15) is 0 Å². The molecule has 0 atom stereocenters. The number of hydrogen-bond donors (Lipinski definition) is 2. The van der Waals surface area contributed by atoms with Gasteiger partial charge in [-0.25, -0.2) is 0 Å². The minimum atomic E-state index is -4.49. The SMILES string of the molecule is Cc1c(N=CC(=N)c2cccc(C(F)(F)F)c2)cccc1C(=O)Nc1cccnc1. The highest BCUT2D eigenvalue weighted by atomic mass is 19.4. The van der Waals surface area contributed by atoms with Crippen LogP contribution in [0.15, 0.2) is 72.0 Å². The monoisotopic (exact) mass is 410 g/mol. The van der Waals surface area contributed by atoms with E-state index in [4.69, 9.17) is 5.41 Å². The van der Waals surface area contributed by atoms with E-state index in [1.807, 2.05) is 0 Å². The summed E-state index contributed by atoms with van der Waals surface area (Å²) in [5.74, 6) is -0.342. The fraction of sp³-hybridized carbons (Fsp3) is 0.0909. The van der Waals surface area contributed by atoms with Crippen LogP contribution < -0.4 is 5.32 Å². The van der Waals surface area contributed by atoms with E-state index in [1.54, 1.807) is 43.5 Å². The first-order chi connectivity index (χ1) is 14.3. The molecule has 3 aromatic rings. The smallest absolute Gasteiger partial charge is 0.321 e. The largest absolute Gasteiger partial charge is 0.416 e. The summed E-state index contributed by atoms with van der Waals surface area (Å²) in [6.45, 7) is 1.71. The van der Waals surface area contributed by atoms with Gasteiger partial charge in [-0.15, -0.1) is 0 Å². The molecule has 0 unspecified atom stereocenters. The molecule has 0 aliphatic carbocycles. The molecule has 0 radical (unpaired) electrons. The van der Waals surface area contributed by atoms with Gasteiger partial charge in [-0.2, -0.15) is 13.2 Å². The molecule has 0 saturated carbocycles. The number of hydrogen-bond acceptors (Lipinski definition) is 4. The molecule has 5 nitrogen and oxygen atoms in total. The highest BCUT2D eigenvalue weighted by Gasteiger charge is 2.30. The second-order valence-electron chi connectivity index (χ2n) is 6.40. The fourth-order valence-corrected chi connectivity index (χ4v) is 2.72. The van der Waals surface area contributed by atoms with Crippen LogP contribution >= 0.6 is 0 Å². The summed E-state index contributed by atoms with van der Waals surface area (Å²) in [6, 6.07) is 12.8. The van der Waals surface area contributed by atoms with Crippen molar-refractivity contribution in [3.05, 3.63) is 89.2 Å². The van der Waals surface area contributed by atoms with Gasteiger partial charge in [0.2, 0.25) is 0 Å². The van der Waals surface area contributed by atoms with Crippen molar-refractivity contribution >= 4 is 29.2 Å². The zero-order chi connectivity index (χ0) is 21.7. The number of nitrogens with zero attached hydrogens (tertiary/aromatic N) is 2. The van der Waals surface area contributed by atoms with Crippen molar-refractivity contribution in [2.24, 2.45) is 4.99 Å². The summed E-state index contributed by atoms with van der Waals surface area (Å²) < 4.78 is 38.6. The van der Waals surface area contributed by atoms with Crippen LogP contribution in [0.25, 0.3) is 0 Å². The quantitative estimate of drug-likeness (QED) is 0.550. The third kappa shape index (κ3) is 4.96. The van der Waals surface area contributed by atoms with Crippen molar-refractivity contribution in [2.45, 2.75) is 13.1 Å². The Morgan fingerprint density at radius 3 is 2.60 bits per heavy atom. The van der Waals surface area contributed by atoms with E-state index in [0.29, 0.717) is 22.5 Å². The summed E-state index contributed by atoms with van der Waals surface area (Å²) in [5.41, 5.74) is 1.03. The van der Waals surface area contributed by atoms with Crippen LogP contribution in [0.3, 0.4) is 0 Å². The third-order valence-electron chi connectivity index (χ3n) is 4.30. The van der Waals surface area contributed by atoms with Gasteiger partial charge >= 0.3 is 6.18 Å². The molecule has 3 rings (SSSR count). The minimum absolute atomic E-state index is 0.0942. The van der Waals surface area contributed by atoms with Crippen molar-refractivity contribution in [1.82, 2.24) is 4.98 Å². The highest BCUT2D eigenvalue weighted by Crippen LogP contribution is 2.29. The molecular formula is C22H17F3N4O. The molecule has 30 heavy (non-hydrogen) atoms. The van der Waals surface area contributed by atoms with Crippen LogP contribution in [0.1, 0.15) is 27.0 Å². The van der Waals surface area contributed by atoms with Crippen LogP contribution in [0.2, 0.25) is 0 Å². The van der Waals surface area contributed by atoms with Crippen LogP contribution in [0.4, 0.5) is 24.5 Å². The molecular weight excluding hydrogens is 393 g/mol. The van der Waals surface area contributed by atoms with Crippen LogP contribution in [0, 0.1) is 12.3 Å². The van der Waals surface area contributed by atoms with Crippen molar-refractivity contribution in [1.29, 1.82) is 5.41 Å². The molecule has 152 valence electrons. The number of rotatable bonds is 5. The van der Waals surface area contributed by atoms with Crippen LogP contribution in [-0.2, 0) is 6.18 Å². The second kappa shape index (κ2) is 8.69. The Hall–Kier alpha value is -3.81. The minimum Gasteiger partial charge on any atom is -0.321 e. The number of halogens is 3. The number of carbonyl (C=O) groups excluding carboxylic acids is 1. The van der Waals surface area contributed by atoms with Gasteiger partial charge in [0, 0.05) is 17.3 Å². The number of carbonyl (C=O) groups is 1. The molecule has 0 bridgehead atoms. The molecule has 0 aliphatic heterocycles. The van der Waals surface area contributed by atoms with E-state index in [-0.39, 0.29) is 17.2 Å². The van der Waals surface area contributed by atoms with Crippen molar-refractivity contribution in [2.75, 3.05) is 5.32 Å². The van der Waals surface area contributed by atoms with Gasteiger partial charge in [0.05, 0.1) is 35.1 Å². The molecule has 0 aliphatic rings. The lowest BCUT2D eigenvalue weighted by atomic mass is 10.1. The predicted molar refractivity (Wildman–Crippen MR) is 110 cm³/mol. The Morgan fingerprint density at radius 1 is 1.13 bits per heavy atom. The zero-order valence-corrected chi connectivity index (χ0v) is 15.9. The first-order valence-electron chi connectivity index (χ1n) is 8.87. The van der Waals surface area contributed by atoms with Gasteiger partial charge in [-0.3, -0.25) is 20.2 Å². The second-order valence-corrected chi connectivity index (χ2v) is 6.40. The maximum absolute atomic E-state index is 12.9. The summed E-state index contributed by atoms with van der Waals surface area (Å²) in [5, 5.41) is 10.8. The number of anilines is 1. The lowest BCUT2D eigenvalue weighted by Gasteiger charge is -2.10. The number of pyridine rings is 1. The molecule has 8 heteroatoms. The maximum Gasteiger partial charge on any atom is 0.416 e. The van der Waals surface area contributed by atoms with Crippen LogP contribution in [-0.4, -0.2) is 22.8 Å². The molecule has 1 heterocycles. The summed E-state index contributed by atoms with van der Waals surface area (Å²) in [7, 11) is 0. The first kappa shape index (κ1) is 20.9. The third-order valence-corrected chi connectivity index (χ3v) is 4.30. The van der Waals surface area contributed by atoms with Crippen LogP contribution in [0.5, 0.6) is 0 Å². The topological polar surface area (TPSA) is 78.2 Å². The van der Waals surface area contributed by atoms with E-state index >= 15 is 0 Å². The molecule has 2 aromatic carbocycles. The number of aromatic nitrogens is 1. The molecule has 1 amide bonds. The normalized spacial score (nSPS) is 11.5. The van der Waals surface area contributed by atoms with Gasteiger partial charge in [0.15, 0.2) is 0 Å². The van der Waals surface area contributed by atoms with E-state index < -0.39 is 11.7 Å². The Balaban J connectivity index is 1.80. The average Bonchev–Trinajstić information content (AvgIpc) is 2.73. The van der Waals surface area contributed by atoms with E-state index in [9.17, 15) is 18.0 Å². The van der Waals surface area contributed by atoms with Gasteiger partial charge in [-0.1, -0.05) is 18.2 Å². The number of amides is 1. The predicted octanol–water partition coefficient (Wildman–Crippen LogP) is 5.43. The Kier molecular flexibility index (Phi) is 6.06. The summed E-state index contributed by atoms with van der Waals surface area (Å²) >= 11 is 0. The van der Waals surface area contributed by atoms with E-state index in [2.05, 4.69) is 15.3 Å². The number of benzene rings is 2. The van der Waals surface area contributed by atoms with Gasteiger partial charge < -0.3 is 5.32 Å². The van der Waals surface area contributed by atoms with Gasteiger partial charge in [-0.05, 0) is 48.9 Å². The first-order valence-corrected chi connectivity index (χ1v) is 8.87. The molecule has 2 N–H and O–H groups in total. The van der Waals surface area contributed by atoms with Gasteiger partial charge in [0.25, 0.3) is 5.91 Å². The Labute approximate surface area is 170 Å². The molecule has 0 spiro atoms. The lowest BCUT2D eigenvalue weighted by Crippen LogP contribution is -2.13. The standard InChI is InChI=1S/C22H17F3N4O/c1-14-18(21(30)29-17-7-4-10-27-12-17)8-3-9-20(14)28-13-19(26)15-5-2-6-16(11-15)22(23,24)25/h2-13,26H,1H3,(H,29,30). The highest BCUT2D eigenvalue weighted by molar-refractivity contribution is 6.37. The van der Waals surface area contributed by atoms with Crippen molar-refractivity contribution in [3.63, 3.8) is 0 Å². The average molecular weight is 410 g/mol. The van der Waals surface area contributed by atoms with Crippen molar-refractivity contribution < 1.29 is 18.0 Å². The molecule has 1 aromatic heterocycles. The molecule has 0 fully saturated rings. The summed E-state index contributed by atoms with van der Waals surface area (Å²) in [6.07, 6.45) is -0.207. The fourth-order valence-electron chi connectivity index (χ4n) is 2.72. The number of nitrogens with one attached hydrogen (secondary N) is 2. The van der Waals surface area contributed by atoms with Crippen molar-refractivity contribution in [3.8, 4) is 0 Å². The van der Waals surface area contributed by atoms with E-state index in [1.165, 1.54) is 24.5 Å². The maximum atomic E-state index is 12.9. The lowest BCUT2D eigenvalue weighted by molar-refractivity contribution is -0.137. The number of aliphatic imine (C=N–C) groups is 1. The molecule has 0 saturated heterocycles. The Bertz CT molecular complexity index is 1110. The Morgan fingerprint density at radius 2 is 1.90 bits per heavy atom. The number of alkyl halides is 3. The summed E-state index contributed by atoms with van der Waals surface area (Å²) in [4.78, 5) is 20.7. The zero-order valence-electron chi connectivity index (χ0n) is 15.9.